The Bertz CT molecular complexity index is 612. The fraction of sp³-hybridized carbons (Fsp3) is 0.231. The standard InChI is InChI=1S/C13H14BrN3OS/c1-7-6-16-13(18-7)8(2)17-9-3-4-10(12(15)19)11(14)5-9/h3-6,8,17H,1-2H3,(H2,15,19). The Morgan fingerprint density at radius 1 is 1.53 bits per heavy atom. The van der Waals surface area contributed by atoms with Crippen LogP contribution in [0.3, 0.4) is 0 Å². The first-order chi connectivity index (χ1) is 8.97. The van der Waals surface area contributed by atoms with Crippen molar-refractivity contribution in [3.63, 3.8) is 0 Å². The first-order valence-corrected chi connectivity index (χ1v) is 6.95. The van der Waals surface area contributed by atoms with Crippen LogP contribution in [0.5, 0.6) is 0 Å². The van der Waals surface area contributed by atoms with Crippen molar-refractivity contribution < 1.29 is 4.42 Å². The van der Waals surface area contributed by atoms with Crippen molar-refractivity contribution in [1.29, 1.82) is 0 Å². The third-order valence-corrected chi connectivity index (χ3v) is 3.50. The van der Waals surface area contributed by atoms with Gasteiger partial charge in [0, 0.05) is 15.7 Å². The van der Waals surface area contributed by atoms with Crippen LogP contribution >= 0.6 is 28.1 Å². The summed E-state index contributed by atoms with van der Waals surface area (Å²) in [7, 11) is 0. The van der Waals surface area contributed by atoms with Gasteiger partial charge in [0.25, 0.3) is 0 Å². The molecule has 6 heteroatoms. The van der Waals surface area contributed by atoms with Gasteiger partial charge in [-0.3, -0.25) is 0 Å². The highest BCUT2D eigenvalue weighted by Gasteiger charge is 2.12. The molecule has 19 heavy (non-hydrogen) atoms. The highest BCUT2D eigenvalue weighted by atomic mass is 79.9. The van der Waals surface area contributed by atoms with Crippen LogP contribution in [0, 0.1) is 6.92 Å². The highest BCUT2D eigenvalue weighted by Crippen LogP contribution is 2.24. The maximum Gasteiger partial charge on any atom is 0.216 e. The molecule has 0 spiro atoms. The number of aryl methyl sites for hydroxylation is 1. The molecule has 4 nitrogen and oxygen atoms in total. The van der Waals surface area contributed by atoms with E-state index in [1.165, 1.54) is 0 Å². The second kappa shape index (κ2) is 5.71. The molecule has 0 saturated heterocycles. The van der Waals surface area contributed by atoms with Crippen LogP contribution in [-0.4, -0.2) is 9.97 Å². The SMILES string of the molecule is Cc1cnc(C(C)Nc2ccc(C(N)=S)c(Br)c2)o1. The van der Waals surface area contributed by atoms with E-state index in [4.69, 9.17) is 22.4 Å². The van der Waals surface area contributed by atoms with Crippen molar-refractivity contribution in [2.45, 2.75) is 19.9 Å². The summed E-state index contributed by atoms with van der Waals surface area (Å²) in [5.41, 5.74) is 7.38. The monoisotopic (exact) mass is 339 g/mol. The van der Waals surface area contributed by atoms with Gasteiger partial charge in [-0.05, 0) is 48.0 Å². The summed E-state index contributed by atoms with van der Waals surface area (Å²) in [5, 5.41) is 3.31. The van der Waals surface area contributed by atoms with Crippen LogP contribution < -0.4 is 11.1 Å². The average Bonchev–Trinajstić information content (AvgIpc) is 2.75. The number of nitrogens with one attached hydrogen (secondary N) is 1. The second-order valence-electron chi connectivity index (χ2n) is 4.23. The molecule has 2 rings (SSSR count). The van der Waals surface area contributed by atoms with Gasteiger partial charge in [-0.2, -0.15) is 0 Å². The van der Waals surface area contributed by atoms with E-state index in [2.05, 4.69) is 26.2 Å². The minimum absolute atomic E-state index is 0.0173. The lowest BCUT2D eigenvalue weighted by atomic mass is 10.2. The zero-order valence-corrected chi connectivity index (χ0v) is 13.0. The van der Waals surface area contributed by atoms with E-state index in [9.17, 15) is 0 Å². The van der Waals surface area contributed by atoms with E-state index in [1.54, 1.807) is 6.20 Å². The Balaban J connectivity index is 2.15. The van der Waals surface area contributed by atoms with Crippen molar-refractivity contribution in [3.8, 4) is 0 Å². The normalized spacial score (nSPS) is 12.2. The lowest BCUT2D eigenvalue weighted by Crippen LogP contribution is -2.11. The first kappa shape index (κ1) is 14.0. The van der Waals surface area contributed by atoms with Gasteiger partial charge in [-0.25, -0.2) is 4.98 Å². The Kier molecular flexibility index (Phi) is 4.21. The number of hydrogen-bond donors (Lipinski definition) is 2. The minimum Gasteiger partial charge on any atom is -0.444 e. The molecule has 1 unspecified atom stereocenters. The Morgan fingerprint density at radius 3 is 2.79 bits per heavy atom. The van der Waals surface area contributed by atoms with Crippen molar-refractivity contribution in [3.05, 3.63) is 46.1 Å². The number of anilines is 1. The molecule has 0 fully saturated rings. The minimum atomic E-state index is -0.0173. The molecule has 1 aromatic carbocycles. The third kappa shape index (κ3) is 3.33. The van der Waals surface area contributed by atoms with E-state index in [0.717, 1.165) is 21.5 Å². The van der Waals surface area contributed by atoms with Gasteiger partial charge in [0.15, 0.2) is 0 Å². The number of thiocarbonyl (C=S) groups is 1. The van der Waals surface area contributed by atoms with Gasteiger partial charge in [-0.1, -0.05) is 12.2 Å². The second-order valence-corrected chi connectivity index (χ2v) is 5.53. The molecular weight excluding hydrogens is 326 g/mol. The van der Waals surface area contributed by atoms with Crippen LogP contribution in [-0.2, 0) is 0 Å². The van der Waals surface area contributed by atoms with E-state index in [-0.39, 0.29) is 6.04 Å². The number of nitrogens with two attached hydrogens (primary N) is 1. The highest BCUT2D eigenvalue weighted by molar-refractivity contribution is 9.10. The van der Waals surface area contributed by atoms with Gasteiger partial charge >= 0.3 is 0 Å². The summed E-state index contributed by atoms with van der Waals surface area (Å²) in [6, 6.07) is 5.71. The molecule has 1 heterocycles. The maximum absolute atomic E-state index is 5.62. The molecule has 2 aromatic rings. The lowest BCUT2D eigenvalue weighted by Gasteiger charge is -2.13. The fourth-order valence-electron chi connectivity index (χ4n) is 1.69. The quantitative estimate of drug-likeness (QED) is 0.834. The number of oxazole rings is 1. The molecule has 0 bridgehead atoms. The Hall–Kier alpha value is -1.40. The van der Waals surface area contributed by atoms with Gasteiger partial charge in [0.1, 0.15) is 16.8 Å². The molecule has 1 atom stereocenters. The molecule has 0 aliphatic rings. The smallest absolute Gasteiger partial charge is 0.216 e. The average molecular weight is 340 g/mol. The summed E-state index contributed by atoms with van der Waals surface area (Å²) in [6.45, 7) is 3.86. The number of nitrogens with zero attached hydrogens (tertiary/aromatic N) is 1. The molecule has 0 aliphatic carbocycles. The fourth-order valence-corrected chi connectivity index (χ4v) is 2.59. The molecule has 0 amide bonds. The van der Waals surface area contributed by atoms with Crippen molar-refractivity contribution in [2.24, 2.45) is 5.73 Å². The van der Waals surface area contributed by atoms with Crippen LogP contribution in [0.4, 0.5) is 5.69 Å². The Labute approximate surface area is 125 Å². The number of halogens is 1. The zero-order chi connectivity index (χ0) is 14.0. The van der Waals surface area contributed by atoms with E-state index in [0.29, 0.717) is 10.9 Å². The van der Waals surface area contributed by atoms with Gasteiger partial charge in [0.05, 0.1) is 6.20 Å². The van der Waals surface area contributed by atoms with Gasteiger partial charge in [-0.15, -0.1) is 0 Å². The number of hydrogen-bond acceptors (Lipinski definition) is 4. The number of rotatable bonds is 4. The summed E-state index contributed by atoms with van der Waals surface area (Å²) in [5.74, 6) is 1.46. The predicted molar refractivity (Wildman–Crippen MR) is 83.3 cm³/mol. The van der Waals surface area contributed by atoms with Crippen LogP contribution in [0.2, 0.25) is 0 Å². The zero-order valence-electron chi connectivity index (χ0n) is 10.6. The topological polar surface area (TPSA) is 64.1 Å². The summed E-state index contributed by atoms with van der Waals surface area (Å²) < 4.78 is 6.35. The van der Waals surface area contributed by atoms with Crippen molar-refractivity contribution in [1.82, 2.24) is 4.98 Å². The largest absolute Gasteiger partial charge is 0.444 e. The van der Waals surface area contributed by atoms with Crippen molar-refractivity contribution in [2.75, 3.05) is 5.32 Å². The molecule has 0 radical (unpaired) electrons. The molecule has 3 N–H and O–H groups in total. The van der Waals surface area contributed by atoms with Crippen LogP contribution in [0.15, 0.2) is 33.3 Å². The van der Waals surface area contributed by atoms with E-state index >= 15 is 0 Å². The number of aromatic nitrogens is 1. The van der Waals surface area contributed by atoms with Crippen LogP contribution in [0.25, 0.3) is 0 Å². The summed E-state index contributed by atoms with van der Waals surface area (Å²) >= 11 is 8.41. The molecule has 1 aromatic heterocycles. The molecule has 0 saturated carbocycles. The summed E-state index contributed by atoms with van der Waals surface area (Å²) in [4.78, 5) is 4.57. The summed E-state index contributed by atoms with van der Waals surface area (Å²) in [6.07, 6.45) is 1.71. The number of benzene rings is 1. The van der Waals surface area contributed by atoms with Gasteiger partial charge < -0.3 is 15.5 Å². The molecule has 0 aliphatic heterocycles. The predicted octanol–water partition coefficient (Wildman–Crippen LogP) is 3.55. The Morgan fingerprint density at radius 2 is 2.26 bits per heavy atom. The van der Waals surface area contributed by atoms with Crippen molar-refractivity contribution >= 4 is 38.8 Å². The maximum atomic E-state index is 5.62. The molecule has 100 valence electrons. The van der Waals surface area contributed by atoms with Crippen LogP contribution in [0.1, 0.15) is 30.2 Å². The first-order valence-electron chi connectivity index (χ1n) is 5.75. The third-order valence-electron chi connectivity index (χ3n) is 2.63. The molecular formula is C13H14BrN3OS. The lowest BCUT2D eigenvalue weighted by molar-refractivity contribution is 0.453. The van der Waals surface area contributed by atoms with E-state index < -0.39 is 0 Å². The van der Waals surface area contributed by atoms with E-state index in [1.807, 2.05) is 32.0 Å². The van der Waals surface area contributed by atoms with Gasteiger partial charge in [0.2, 0.25) is 5.89 Å².